The Kier molecular flexibility index (Phi) is 12.0. The summed E-state index contributed by atoms with van der Waals surface area (Å²) in [5, 5.41) is 2.20. The molecule has 8 nitrogen and oxygen atoms in total. The van der Waals surface area contributed by atoms with Crippen LogP contribution in [0.5, 0.6) is 0 Å². The summed E-state index contributed by atoms with van der Waals surface area (Å²) in [5.74, 6) is 1.26. The summed E-state index contributed by atoms with van der Waals surface area (Å²) in [4.78, 5) is 27.7. The Morgan fingerprint density at radius 1 is 0.615 bits per heavy atom. The summed E-state index contributed by atoms with van der Waals surface area (Å²) in [6.45, 7) is 1.94. The molecule has 52 heavy (non-hydrogen) atoms. The van der Waals surface area contributed by atoms with Crippen LogP contribution in [0.4, 0.5) is 11.4 Å². The molecular formula is C40H42N6O2S4+2. The maximum absolute atomic E-state index is 11.6. The predicted molar refractivity (Wildman–Crippen MR) is 225 cm³/mol. The molecule has 0 aliphatic rings. The fourth-order valence-electron chi connectivity index (χ4n) is 5.68. The molecule has 2 aromatic heterocycles. The Morgan fingerprint density at radius 3 is 1.37 bits per heavy atom. The molecule has 2 heterocycles. The van der Waals surface area contributed by atoms with Crippen LogP contribution in [-0.2, 0) is 14.1 Å². The highest BCUT2D eigenvalue weighted by atomic mass is 33.1. The first kappa shape index (κ1) is 37.1. The summed E-state index contributed by atoms with van der Waals surface area (Å²) in [5.41, 5.74) is 18.8. The number of benzene rings is 4. The third kappa shape index (κ3) is 8.87. The van der Waals surface area contributed by atoms with Crippen LogP contribution in [-0.4, -0.2) is 50.5 Å². The Balaban J connectivity index is 0.912. The van der Waals surface area contributed by atoms with Gasteiger partial charge in [-0.2, -0.15) is 9.13 Å². The average Bonchev–Trinajstić information content (AvgIpc) is 3.65. The highest BCUT2D eigenvalue weighted by Crippen LogP contribution is 2.26. The van der Waals surface area contributed by atoms with E-state index in [1.807, 2.05) is 59.9 Å². The van der Waals surface area contributed by atoms with Crippen molar-refractivity contribution >= 4 is 112 Å². The van der Waals surface area contributed by atoms with E-state index in [0.29, 0.717) is 11.1 Å². The second-order valence-corrected chi connectivity index (χ2v) is 17.3. The molecule has 0 aliphatic heterocycles. The first-order valence-electron chi connectivity index (χ1n) is 16.7. The molecule has 0 atom stereocenters. The quantitative estimate of drug-likeness (QED) is 0.0649. The van der Waals surface area contributed by atoms with E-state index in [-0.39, 0.29) is 0 Å². The number of nitrogens with two attached hydrogens (primary N) is 2. The number of aromatic nitrogens is 2. The van der Waals surface area contributed by atoms with Crippen molar-refractivity contribution in [2.45, 2.75) is 0 Å². The van der Waals surface area contributed by atoms with Crippen LogP contribution in [0.2, 0.25) is 0 Å². The molecule has 0 unspecified atom stereocenters. The number of primary amides is 2. The minimum atomic E-state index is -0.409. The van der Waals surface area contributed by atoms with Crippen LogP contribution in [0.25, 0.3) is 44.7 Å². The zero-order valence-corrected chi connectivity index (χ0v) is 32.9. The number of fused-ring (bicyclic) bond motifs is 2. The molecule has 0 spiro atoms. The van der Waals surface area contributed by atoms with Gasteiger partial charge in [0.15, 0.2) is 0 Å². The average molecular weight is 767 g/mol. The molecule has 0 saturated heterocycles. The van der Waals surface area contributed by atoms with Gasteiger partial charge in [-0.05, 0) is 71.8 Å². The van der Waals surface area contributed by atoms with Crippen molar-refractivity contribution in [1.82, 2.24) is 0 Å². The molecule has 6 aromatic rings. The number of hydrogen-bond donors (Lipinski definition) is 2. The lowest BCUT2D eigenvalue weighted by Crippen LogP contribution is -2.28. The number of nitrogens with zero attached hydrogens (tertiary/aromatic N) is 4. The van der Waals surface area contributed by atoms with Crippen molar-refractivity contribution in [3.8, 4) is 0 Å². The van der Waals surface area contributed by atoms with Gasteiger partial charge < -0.3 is 21.3 Å². The number of carbonyl (C=O) groups excluding carboxylic acids is 2. The molecule has 0 aliphatic carbocycles. The summed E-state index contributed by atoms with van der Waals surface area (Å²) in [6, 6.07) is 28.4. The third-order valence-corrected chi connectivity index (χ3v) is 13.6. The van der Waals surface area contributed by atoms with Gasteiger partial charge in [0.25, 0.3) is 10.0 Å². The third-order valence-electron chi connectivity index (χ3n) is 8.91. The van der Waals surface area contributed by atoms with E-state index in [0.717, 1.165) is 66.2 Å². The predicted octanol–water partition coefficient (Wildman–Crippen LogP) is 7.26. The van der Waals surface area contributed by atoms with E-state index in [4.69, 9.17) is 11.5 Å². The first-order chi connectivity index (χ1) is 25.1. The Bertz CT molecular complexity index is 2110. The van der Waals surface area contributed by atoms with Gasteiger partial charge in [-0.25, -0.2) is 0 Å². The van der Waals surface area contributed by atoms with Gasteiger partial charge in [0.2, 0.25) is 22.8 Å². The summed E-state index contributed by atoms with van der Waals surface area (Å²) >= 11 is 3.28. The fraction of sp³-hybridized carbons (Fsp3) is 0.200. The summed E-state index contributed by atoms with van der Waals surface area (Å²) in [7, 11) is 12.2. The van der Waals surface area contributed by atoms with E-state index in [1.165, 1.54) is 11.4 Å². The van der Waals surface area contributed by atoms with Gasteiger partial charge in [-0.1, -0.05) is 68.5 Å². The van der Waals surface area contributed by atoms with E-state index in [9.17, 15) is 9.59 Å². The molecule has 0 bridgehead atoms. The molecule has 266 valence electrons. The number of hydrogen-bond acceptors (Lipinski definition) is 8. The lowest BCUT2D eigenvalue weighted by atomic mass is 10.2. The van der Waals surface area contributed by atoms with Crippen molar-refractivity contribution in [2.24, 2.45) is 25.6 Å². The number of anilines is 2. The zero-order valence-electron chi connectivity index (χ0n) is 29.6. The van der Waals surface area contributed by atoms with Crippen LogP contribution in [0.3, 0.4) is 0 Å². The van der Waals surface area contributed by atoms with Gasteiger partial charge in [0.05, 0.1) is 0 Å². The molecule has 4 aromatic carbocycles. The molecular weight excluding hydrogens is 725 g/mol. The van der Waals surface area contributed by atoms with Crippen molar-refractivity contribution in [1.29, 1.82) is 0 Å². The van der Waals surface area contributed by atoms with Crippen molar-refractivity contribution in [3.63, 3.8) is 0 Å². The molecule has 2 amide bonds. The SMILES string of the molecule is CN(CCSSCCN(C)c1ccc(/C=C/c2sc3cc(C(N)=O)ccc3[n+]2C)cc1)c1ccc(/C=C/c2sc3cc(C(N)=O)ccc3[n+]2C)cc1. The lowest BCUT2D eigenvalue weighted by molar-refractivity contribution is -0.642. The van der Waals surface area contributed by atoms with E-state index >= 15 is 0 Å². The van der Waals surface area contributed by atoms with Crippen LogP contribution in [0.1, 0.15) is 41.9 Å². The van der Waals surface area contributed by atoms with E-state index in [2.05, 4.69) is 106 Å². The zero-order chi connectivity index (χ0) is 36.8. The minimum absolute atomic E-state index is 0.409. The van der Waals surface area contributed by atoms with E-state index < -0.39 is 11.8 Å². The normalized spacial score (nSPS) is 11.7. The van der Waals surface area contributed by atoms with Crippen molar-refractivity contribution in [3.05, 3.63) is 117 Å². The molecule has 0 radical (unpaired) electrons. The van der Waals surface area contributed by atoms with Crippen LogP contribution in [0, 0.1) is 0 Å². The first-order valence-corrected chi connectivity index (χ1v) is 20.9. The summed E-state index contributed by atoms with van der Waals surface area (Å²) in [6.07, 6.45) is 8.48. The highest BCUT2D eigenvalue weighted by Gasteiger charge is 2.17. The van der Waals surface area contributed by atoms with Crippen LogP contribution < -0.4 is 30.4 Å². The molecule has 0 saturated carbocycles. The fourth-order valence-corrected chi connectivity index (χ4v) is 9.95. The van der Waals surface area contributed by atoms with E-state index in [1.54, 1.807) is 34.8 Å². The smallest absolute Gasteiger partial charge is 0.262 e. The Labute approximate surface area is 320 Å². The van der Waals surface area contributed by atoms with Gasteiger partial charge in [0.1, 0.15) is 23.5 Å². The number of amides is 2. The Hall–Kier alpha value is -4.62. The van der Waals surface area contributed by atoms with Crippen molar-refractivity contribution < 1.29 is 18.7 Å². The molecule has 0 fully saturated rings. The van der Waals surface area contributed by atoms with Gasteiger partial charge in [0, 0.05) is 85.5 Å². The Morgan fingerprint density at radius 2 is 1.00 bits per heavy atom. The molecule has 4 N–H and O–H groups in total. The lowest BCUT2D eigenvalue weighted by Gasteiger charge is -2.20. The van der Waals surface area contributed by atoms with Crippen molar-refractivity contribution in [2.75, 3.05) is 48.5 Å². The second kappa shape index (κ2) is 16.8. The number of thiazole rings is 2. The monoisotopic (exact) mass is 766 g/mol. The van der Waals surface area contributed by atoms with Gasteiger partial charge in [-0.3, -0.25) is 9.59 Å². The number of carbonyl (C=O) groups is 2. The highest BCUT2D eigenvalue weighted by molar-refractivity contribution is 8.76. The minimum Gasteiger partial charge on any atom is -0.374 e. The standard InChI is InChI=1S/C40H40N6O2S4/c1-43(31-13-5-27(6-14-31)9-19-37-45(3)33-17-11-29(39(41)47)25-35(33)51-37)21-23-49-50-24-22-44(2)32-15-7-28(8-16-32)10-20-38-46(4)34-18-12-30(40(42)48)26-36(34)52-38/h5-20,25-26H,21-24H2,1-4H3,(H2-2,41,42,47,48)/p+2. The topological polar surface area (TPSA) is 100 Å². The summed E-state index contributed by atoms with van der Waals surface area (Å²) < 4.78 is 6.34. The van der Waals surface area contributed by atoms with Gasteiger partial charge in [-0.15, -0.1) is 0 Å². The van der Waals surface area contributed by atoms with Crippen LogP contribution >= 0.6 is 44.3 Å². The molecule has 6 rings (SSSR count). The number of rotatable bonds is 15. The van der Waals surface area contributed by atoms with Gasteiger partial charge >= 0.3 is 0 Å². The van der Waals surface area contributed by atoms with Crippen LogP contribution in [0.15, 0.2) is 84.9 Å². The largest absolute Gasteiger partial charge is 0.374 e. The maximum Gasteiger partial charge on any atom is 0.262 e. The second-order valence-electron chi connectivity index (χ2n) is 12.4. The molecule has 12 heteroatoms. The maximum atomic E-state index is 11.6. The number of aryl methyl sites for hydroxylation is 2.